The van der Waals surface area contributed by atoms with Gasteiger partial charge < -0.3 is 15.5 Å². The van der Waals surface area contributed by atoms with E-state index in [0.29, 0.717) is 48.8 Å². The van der Waals surface area contributed by atoms with Gasteiger partial charge in [-0.1, -0.05) is 0 Å². The van der Waals surface area contributed by atoms with Crippen molar-refractivity contribution in [2.24, 2.45) is 12.5 Å². The quantitative estimate of drug-likeness (QED) is 0.757. The van der Waals surface area contributed by atoms with E-state index in [9.17, 15) is 20.1 Å². The monoisotopic (exact) mass is 418 g/mol. The number of nitrogens with zero attached hydrogens (tertiary/aromatic N) is 6. The summed E-state index contributed by atoms with van der Waals surface area (Å²) in [6.45, 7) is 2.11. The van der Waals surface area contributed by atoms with Gasteiger partial charge in [-0.3, -0.25) is 14.3 Å². The van der Waals surface area contributed by atoms with Crippen LogP contribution in [0.3, 0.4) is 0 Å². The van der Waals surface area contributed by atoms with Crippen molar-refractivity contribution in [2.75, 3.05) is 16.8 Å². The Labute approximate surface area is 179 Å². The Morgan fingerprint density at radius 2 is 1.97 bits per heavy atom. The SMILES string of the molecule is Cn1nc(Nc2cc(N3CC[C@](C)(C#N)C3=O)ccn2)cc1C(=O)NC1(C#N)CCC1. The summed E-state index contributed by atoms with van der Waals surface area (Å²) < 4.78 is 1.44. The van der Waals surface area contributed by atoms with Gasteiger partial charge in [0.05, 0.1) is 12.1 Å². The van der Waals surface area contributed by atoms with Crippen molar-refractivity contribution >= 4 is 29.1 Å². The minimum atomic E-state index is -1.01. The van der Waals surface area contributed by atoms with Gasteiger partial charge in [0, 0.05) is 37.6 Å². The number of carbonyl (C=O) groups is 2. The van der Waals surface area contributed by atoms with Crippen LogP contribution in [0.1, 0.15) is 43.1 Å². The number of aromatic nitrogens is 3. The first kappa shape index (κ1) is 20.4. The summed E-state index contributed by atoms with van der Waals surface area (Å²) in [5, 5.41) is 28.8. The highest BCUT2D eigenvalue weighted by Gasteiger charge is 2.43. The first-order chi connectivity index (χ1) is 14.8. The molecule has 1 saturated carbocycles. The molecule has 0 radical (unpaired) electrons. The highest BCUT2D eigenvalue weighted by Crippen LogP contribution is 2.35. The van der Waals surface area contributed by atoms with Crippen LogP contribution in [0, 0.1) is 28.1 Å². The number of aryl methyl sites for hydroxylation is 1. The first-order valence-corrected chi connectivity index (χ1v) is 10.0. The van der Waals surface area contributed by atoms with Gasteiger partial charge in [0.1, 0.15) is 22.5 Å². The van der Waals surface area contributed by atoms with E-state index >= 15 is 0 Å². The Bertz CT molecular complexity index is 1140. The molecule has 2 amide bonds. The zero-order valence-corrected chi connectivity index (χ0v) is 17.3. The predicted octanol–water partition coefficient (Wildman–Crippen LogP) is 2.00. The molecule has 0 unspecified atom stereocenters. The summed E-state index contributed by atoms with van der Waals surface area (Å²) in [4.78, 5) is 31.1. The lowest BCUT2D eigenvalue weighted by Crippen LogP contribution is -2.52. The molecule has 4 rings (SSSR count). The maximum absolute atomic E-state index is 12.6. The van der Waals surface area contributed by atoms with Gasteiger partial charge in [0.2, 0.25) is 5.91 Å². The molecule has 1 aliphatic heterocycles. The van der Waals surface area contributed by atoms with Crippen molar-refractivity contribution in [3.8, 4) is 12.1 Å². The second kappa shape index (κ2) is 7.40. The fourth-order valence-electron chi connectivity index (χ4n) is 3.80. The van der Waals surface area contributed by atoms with E-state index in [1.165, 1.54) is 4.68 Å². The summed E-state index contributed by atoms with van der Waals surface area (Å²) in [6.07, 6.45) is 4.25. The standard InChI is InChI=1S/C21H22N8O2/c1-20(12-22)7-9-29(19(20)31)14-4-8-24-16(10-14)25-17-11-15(28(2)27-17)18(30)26-21(13-23)5-3-6-21/h4,8,10-11H,3,5-7,9H2,1-2H3,(H,26,30)(H,24,25,27)/t20-/m1/s1. The number of pyridine rings is 1. The van der Waals surface area contributed by atoms with E-state index in [-0.39, 0.29) is 11.8 Å². The minimum absolute atomic E-state index is 0.230. The fourth-order valence-corrected chi connectivity index (χ4v) is 3.80. The van der Waals surface area contributed by atoms with Crippen molar-refractivity contribution in [1.82, 2.24) is 20.1 Å². The van der Waals surface area contributed by atoms with Gasteiger partial charge >= 0.3 is 0 Å². The number of nitrogens with one attached hydrogen (secondary N) is 2. The van der Waals surface area contributed by atoms with Gasteiger partial charge in [0.25, 0.3) is 5.91 Å². The van der Waals surface area contributed by atoms with Gasteiger partial charge in [-0.2, -0.15) is 15.6 Å². The lowest BCUT2D eigenvalue weighted by atomic mass is 9.78. The maximum atomic E-state index is 12.6. The molecule has 0 bridgehead atoms. The summed E-state index contributed by atoms with van der Waals surface area (Å²) in [5.41, 5.74) is -0.845. The number of carbonyl (C=O) groups excluding carboxylic acids is 2. The number of nitriles is 2. The highest BCUT2D eigenvalue weighted by molar-refractivity contribution is 6.01. The van der Waals surface area contributed by atoms with Gasteiger partial charge in [-0.15, -0.1) is 0 Å². The van der Waals surface area contributed by atoms with Crippen LogP contribution in [0.4, 0.5) is 17.3 Å². The Morgan fingerprint density at radius 3 is 2.58 bits per heavy atom. The van der Waals surface area contributed by atoms with Crippen molar-refractivity contribution in [1.29, 1.82) is 10.5 Å². The molecule has 158 valence electrons. The molecule has 2 fully saturated rings. The molecule has 2 aliphatic rings. The third kappa shape index (κ3) is 3.57. The lowest BCUT2D eigenvalue weighted by Gasteiger charge is -2.35. The molecule has 10 nitrogen and oxygen atoms in total. The second-order valence-electron chi connectivity index (χ2n) is 8.21. The third-order valence-electron chi connectivity index (χ3n) is 6.00. The largest absolute Gasteiger partial charge is 0.332 e. The van der Waals surface area contributed by atoms with Crippen LogP contribution in [-0.2, 0) is 11.8 Å². The number of hydrogen-bond acceptors (Lipinski definition) is 7. The van der Waals surface area contributed by atoms with Crippen LogP contribution in [0.2, 0.25) is 0 Å². The van der Waals surface area contributed by atoms with E-state index in [1.54, 1.807) is 43.3 Å². The first-order valence-electron chi connectivity index (χ1n) is 10.0. The van der Waals surface area contributed by atoms with Crippen LogP contribution in [0.15, 0.2) is 24.4 Å². The number of hydrogen-bond donors (Lipinski definition) is 2. The van der Waals surface area contributed by atoms with Crippen LogP contribution < -0.4 is 15.5 Å². The van der Waals surface area contributed by atoms with Crippen LogP contribution in [0.5, 0.6) is 0 Å². The number of amides is 2. The molecular formula is C21H22N8O2. The summed E-state index contributed by atoms with van der Waals surface area (Å²) in [6, 6.07) is 9.29. The van der Waals surface area contributed by atoms with Gasteiger partial charge in [-0.25, -0.2) is 4.98 Å². The molecule has 2 aromatic heterocycles. The second-order valence-corrected chi connectivity index (χ2v) is 8.21. The van der Waals surface area contributed by atoms with Gasteiger partial charge in [0.15, 0.2) is 5.82 Å². The molecule has 0 spiro atoms. The molecule has 0 aromatic carbocycles. The smallest absolute Gasteiger partial charge is 0.270 e. The number of anilines is 3. The topological polar surface area (TPSA) is 140 Å². The molecular weight excluding hydrogens is 396 g/mol. The molecule has 1 saturated heterocycles. The van der Waals surface area contributed by atoms with Crippen molar-refractivity contribution < 1.29 is 9.59 Å². The Hall–Kier alpha value is -3.92. The Balaban J connectivity index is 1.50. The highest BCUT2D eigenvalue weighted by atomic mass is 16.2. The van der Waals surface area contributed by atoms with E-state index < -0.39 is 11.0 Å². The van der Waals surface area contributed by atoms with Crippen molar-refractivity contribution in [3.63, 3.8) is 0 Å². The van der Waals surface area contributed by atoms with E-state index in [4.69, 9.17) is 0 Å². The Kier molecular flexibility index (Phi) is 4.86. The molecule has 3 heterocycles. The van der Waals surface area contributed by atoms with E-state index in [2.05, 4.69) is 32.9 Å². The summed E-state index contributed by atoms with van der Waals surface area (Å²) >= 11 is 0. The molecule has 1 aliphatic carbocycles. The minimum Gasteiger partial charge on any atom is -0.332 e. The normalized spacial score (nSPS) is 21.7. The lowest BCUT2D eigenvalue weighted by molar-refractivity contribution is -0.122. The molecule has 2 aromatic rings. The van der Waals surface area contributed by atoms with Crippen LogP contribution in [-0.4, -0.2) is 38.7 Å². The molecule has 31 heavy (non-hydrogen) atoms. The van der Waals surface area contributed by atoms with Crippen molar-refractivity contribution in [3.05, 3.63) is 30.1 Å². The van der Waals surface area contributed by atoms with E-state index in [1.807, 2.05) is 0 Å². The fraction of sp³-hybridized carbons (Fsp3) is 0.429. The average Bonchev–Trinajstić information content (AvgIpc) is 3.24. The third-order valence-corrected chi connectivity index (χ3v) is 6.00. The summed E-state index contributed by atoms with van der Waals surface area (Å²) in [7, 11) is 1.65. The van der Waals surface area contributed by atoms with Crippen LogP contribution in [0.25, 0.3) is 0 Å². The van der Waals surface area contributed by atoms with Gasteiger partial charge in [-0.05, 0) is 38.7 Å². The molecule has 1 atom stereocenters. The molecule has 2 N–H and O–H groups in total. The summed E-state index contributed by atoms with van der Waals surface area (Å²) in [5.74, 6) is 0.274. The molecule has 10 heteroatoms. The van der Waals surface area contributed by atoms with E-state index in [0.717, 1.165) is 6.42 Å². The zero-order valence-electron chi connectivity index (χ0n) is 17.3. The van der Waals surface area contributed by atoms with Crippen molar-refractivity contribution in [2.45, 2.75) is 38.1 Å². The Morgan fingerprint density at radius 1 is 1.19 bits per heavy atom. The van der Waals surface area contributed by atoms with Crippen LogP contribution >= 0.6 is 0 Å². The predicted molar refractivity (Wildman–Crippen MR) is 111 cm³/mol. The zero-order chi connectivity index (χ0) is 22.2. The number of rotatable bonds is 5. The average molecular weight is 418 g/mol. The maximum Gasteiger partial charge on any atom is 0.270 e.